The van der Waals surface area contributed by atoms with E-state index in [1.165, 1.54) is 18.2 Å². The summed E-state index contributed by atoms with van der Waals surface area (Å²) in [7, 11) is 0. The number of likely N-dealkylation sites (tertiary alicyclic amines) is 1. The normalized spacial score (nSPS) is 24.2. The Morgan fingerprint density at radius 3 is 2.67 bits per heavy atom. The van der Waals surface area contributed by atoms with Gasteiger partial charge in [0.25, 0.3) is 0 Å². The molecule has 0 spiro atoms. The van der Waals surface area contributed by atoms with Crippen molar-refractivity contribution in [2.75, 3.05) is 56.5 Å². The van der Waals surface area contributed by atoms with E-state index < -0.39 is 0 Å². The third-order valence-electron chi connectivity index (χ3n) is 8.78. The number of carbonyl (C=O) groups is 1. The van der Waals surface area contributed by atoms with Gasteiger partial charge in [0.1, 0.15) is 11.6 Å². The third kappa shape index (κ3) is 4.24. The minimum Gasteiger partial charge on any atom is -0.375 e. The Morgan fingerprint density at radius 1 is 1.23 bits per heavy atom. The smallest absolute Gasteiger partial charge is 0.350 e. The fourth-order valence-corrected chi connectivity index (χ4v) is 8.19. The summed E-state index contributed by atoms with van der Waals surface area (Å²) in [5, 5.41) is 0.949. The molecule has 4 aliphatic heterocycles. The first-order valence-electron chi connectivity index (χ1n) is 13.9. The van der Waals surface area contributed by atoms with Crippen LogP contribution >= 0.6 is 11.8 Å². The lowest BCUT2D eigenvalue weighted by Crippen LogP contribution is -2.49. The van der Waals surface area contributed by atoms with Gasteiger partial charge in [0.05, 0.1) is 24.3 Å². The second kappa shape index (κ2) is 10.0. The number of halogens is 1. The van der Waals surface area contributed by atoms with Crippen LogP contribution in [0.15, 0.2) is 52.7 Å². The summed E-state index contributed by atoms with van der Waals surface area (Å²) >= 11 is 1.78. The highest BCUT2D eigenvalue weighted by Gasteiger charge is 2.41. The molecule has 0 saturated carbocycles. The Hall–Kier alpha value is -3.21. The quantitative estimate of drug-likeness (QED) is 0.442. The highest BCUT2D eigenvalue weighted by atomic mass is 32.2. The van der Waals surface area contributed by atoms with E-state index in [0.717, 1.165) is 64.4 Å². The molecule has 0 radical (unpaired) electrons. The lowest BCUT2D eigenvalue weighted by atomic mass is 9.97. The maximum absolute atomic E-state index is 13.9. The van der Waals surface area contributed by atoms with Gasteiger partial charge in [-0.25, -0.2) is 9.18 Å². The molecule has 2 bridgehead atoms. The average molecular weight is 562 g/mol. The monoisotopic (exact) mass is 561 g/mol. The molecule has 3 aromatic rings. The van der Waals surface area contributed by atoms with Crippen LogP contribution in [0.5, 0.6) is 0 Å². The van der Waals surface area contributed by atoms with Crippen LogP contribution in [0.25, 0.3) is 22.0 Å². The van der Waals surface area contributed by atoms with Gasteiger partial charge in [-0.3, -0.25) is 14.3 Å². The van der Waals surface area contributed by atoms with Crippen molar-refractivity contribution >= 4 is 34.4 Å². The first-order chi connectivity index (χ1) is 19.4. The minimum atomic E-state index is -0.273. The molecule has 3 saturated heterocycles. The van der Waals surface area contributed by atoms with Gasteiger partial charge in [-0.2, -0.15) is 4.98 Å². The molecule has 10 heteroatoms. The topological polar surface area (TPSA) is 70.9 Å². The van der Waals surface area contributed by atoms with Crippen molar-refractivity contribution in [1.82, 2.24) is 19.4 Å². The molecule has 1 aromatic heterocycles. The Morgan fingerprint density at radius 2 is 2.00 bits per heavy atom. The van der Waals surface area contributed by atoms with Gasteiger partial charge in [-0.15, -0.1) is 11.8 Å². The van der Waals surface area contributed by atoms with E-state index in [4.69, 9.17) is 9.72 Å². The molecule has 3 atom stereocenters. The van der Waals surface area contributed by atoms with Crippen LogP contribution in [-0.4, -0.2) is 89.0 Å². The Labute approximate surface area is 236 Å². The minimum absolute atomic E-state index is 0.0146. The predicted octanol–water partition coefficient (Wildman–Crippen LogP) is 3.47. The van der Waals surface area contributed by atoms with E-state index in [2.05, 4.69) is 29.4 Å². The molecule has 7 rings (SSSR count). The van der Waals surface area contributed by atoms with E-state index in [-0.39, 0.29) is 23.5 Å². The summed E-state index contributed by atoms with van der Waals surface area (Å²) in [6.07, 6.45) is 2.70. The van der Waals surface area contributed by atoms with E-state index in [1.54, 1.807) is 16.7 Å². The van der Waals surface area contributed by atoms with Crippen LogP contribution in [0.4, 0.5) is 10.2 Å². The molecule has 5 heterocycles. The highest BCUT2D eigenvalue weighted by molar-refractivity contribution is 7.99. The van der Waals surface area contributed by atoms with Crippen molar-refractivity contribution in [3.63, 3.8) is 0 Å². The number of anilines is 1. The summed E-state index contributed by atoms with van der Waals surface area (Å²) in [6.45, 7) is 10.4. The van der Waals surface area contributed by atoms with Crippen LogP contribution in [0.2, 0.25) is 0 Å². The molecule has 3 fully saturated rings. The van der Waals surface area contributed by atoms with Crippen molar-refractivity contribution < 1.29 is 13.9 Å². The van der Waals surface area contributed by atoms with Crippen molar-refractivity contribution in [2.24, 2.45) is 0 Å². The van der Waals surface area contributed by atoms with E-state index in [0.29, 0.717) is 44.1 Å². The SMILES string of the molecule is C=CC(=O)N1CCN(c2nc(=O)n3c4c(c(-c5ccc(F)cc5)c(C)cc24)SC[C@@H]3CN2C[C@@H]3C[C@H]2CO3)CC1. The van der Waals surface area contributed by atoms with E-state index in [1.807, 2.05) is 16.7 Å². The maximum Gasteiger partial charge on any atom is 0.350 e. The largest absolute Gasteiger partial charge is 0.375 e. The summed E-state index contributed by atoms with van der Waals surface area (Å²) in [4.78, 5) is 38.2. The summed E-state index contributed by atoms with van der Waals surface area (Å²) in [6, 6.07) is 9.13. The number of ether oxygens (including phenoxy) is 1. The van der Waals surface area contributed by atoms with Crippen molar-refractivity contribution in [3.05, 3.63) is 64.9 Å². The van der Waals surface area contributed by atoms with Crippen molar-refractivity contribution in [2.45, 2.75) is 36.4 Å². The molecular weight excluding hydrogens is 529 g/mol. The summed E-state index contributed by atoms with van der Waals surface area (Å²) in [5.74, 6) is 1.08. The van der Waals surface area contributed by atoms with Gasteiger partial charge in [-0.1, -0.05) is 18.7 Å². The van der Waals surface area contributed by atoms with Gasteiger partial charge in [-0.05, 0) is 48.7 Å². The molecule has 0 N–H and O–H groups in total. The zero-order valence-corrected chi connectivity index (χ0v) is 23.3. The molecule has 0 unspecified atom stereocenters. The van der Waals surface area contributed by atoms with Gasteiger partial charge in [0, 0.05) is 66.9 Å². The number of aromatic nitrogens is 2. The third-order valence-corrected chi connectivity index (χ3v) is 10.0. The Kier molecular flexibility index (Phi) is 6.44. The molecule has 0 aliphatic carbocycles. The average Bonchev–Trinajstić information content (AvgIpc) is 3.59. The second-order valence-electron chi connectivity index (χ2n) is 11.2. The molecule has 208 valence electrons. The first kappa shape index (κ1) is 25.7. The fourth-order valence-electron chi connectivity index (χ4n) is 6.81. The lowest BCUT2D eigenvalue weighted by molar-refractivity contribution is -0.126. The van der Waals surface area contributed by atoms with Crippen LogP contribution < -0.4 is 10.6 Å². The zero-order valence-electron chi connectivity index (χ0n) is 22.5. The van der Waals surface area contributed by atoms with E-state index >= 15 is 0 Å². The number of hydrogen-bond acceptors (Lipinski definition) is 7. The van der Waals surface area contributed by atoms with Gasteiger partial charge < -0.3 is 14.5 Å². The van der Waals surface area contributed by atoms with Crippen LogP contribution in [0.3, 0.4) is 0 Å². The van der Waals surface area contributed by atoms with Crippen molar-refractivity contribution in [3.8, 4) is 11.1 Å². The van der Waals surface area contributed by atoms with Crippen LogP contribution in [0, 0.1) is 12.7 Å². The molecule has 4 aliphatic rings. The number of fused-ring (bicyclic) bond motifs is 2. The number of carbonyl (C=O) groups excluding carboxylic acids is 1. The second-order valence-corrected chi connectivity index (χ2v) is 12.2. The molecule has 8 nitrogen and oxygen atoms in total. The number of benzene rings is 2. The number of thioether (sulfide) groups is 1. The fraction of sp³-hybridized carbons (Fsp3) is 0.433. The molecule has 40 heavy (non-hydrogen) atoms. The summed E-state index contributed by atoms with van der Waals surface area (Å²) < 4.78 is 21.6. The molecule has 1 amide bonds. The maximum atomic E-state index is 13.9. The van der Waals surface area contributed by atoms with Gasteiger partial charge in [0.15, 0.2) is 0 Å². The standard InChI is InChI=1S/C30H32FN5O3S/c1-3-25(37)33-8-10-34(11-9-33)29-24-12-18(2)26(19-4-6-20(31)7-5-19)28-27(24)36(30(38)32-29)22(17-40-28)14-35-15-23-13-21(35)16-39-23/h3-7,12,21-23H,1,8-11,13-17H2,2H3/t21-,22-,23-/m0/s1. The van der Waals surface area contributed by atoms with Gasteiger partial charge >= 0.3 is 5.69 Å². The van der Waals surface area contributed by atoms with Crippen LogP contribution in [-0.2, 0) is 9.53 Å². The summed E-state index contributed by atoms with van der Waals surface area (Å²) in [5.41, 5.74) is 3.70. The Bertz CT molecular complexity index is 1570. The number of hydrogen-bond donors (Lipinski definition) is 0. The number of aryl methyl sites for hydroxylation is 1. The molecule has 2 aromatic carbocycles. The lowest BCUT2D eigenvalue weighted by Gasteiger charge is -2.37. The van der Waals surface area contributed by atoms with Crippen LogP contribution in [0.1, 0.15) is 18.0 Å². The zero-order chi connectivity index (χ0) is 27.5. The first-order valence-corrected chi connectivity index (χ1v) is 14.9. The van der Waals surface area contributed by atoms with Crippen molar-refractivity contribution in [1.29, 1.82) is 0 Å². The van der Waals surface area contributed by atoms with E-state index in [9.17, 15) is 14.0 Å². The number of rotatable bonds is 5. The molecular formula is C30H32FN5O3S. The predicted molar refractivity (Wildman–Crippen MR) is 155 cm³/mol. The van der Waals surface area contributed by atoms with Gasteiger partial charge in [0.2, 0.25) is 5.91 Å². The highest BCUT2D eigenvalue weighted by Crippen LogP contribution is 2.46. The number of piperazine rings is 1. The number of amides is 1. The number of morpholine rings is 1. The Balaban J connectivity index is 1.36. The number of nitrogens with zero attached hydrogens (tertiary/aromatic N) is 5.